The predicted octanol–water partition coefficient (Wildman–Crippen LogP) is 1.95. The number of nitrogens with one attached hydrogen (secondary N) is 2. The van der Waals surface area contributed by atoms with E-state index in [1.54, 1.807) is 12.1 Å². The molecule has 0 spiro atoms. The number of nitrogens with zero attached hydrogens (tertiary/aromatic N) is 2. The first-order valence-electron chi connectivity index (χ1n) is 9.55. The summed E-state index contributed by atoms with van der Waals surface area (Å²) in [5.74, 6) is -0.767. The molecule has 0 bridgehead atoms. The maximum absolute atomic E-state index is 13.8. The first-order valence-corrected chi connectivity index (χ1v) is 9.55. The van der Waals surface area contributed by atoms with Crippen molar-refractivity contribution >= 4 is 17.8 Å². The number of carbonyl (C=O) groups is 3. The van der Waals surface area contributed by atoms with Gasteiger partial charge in [-0.1, -0.05) is 32.1 Å². The Bertz CT molecular complexity index is 880. The lowest BCUT2D eigenvalue weighted by Crippen LogP contribution is -2.47. The van der Waals surface area contributed by atoms with Crippen molar-refractivity contribution in [2.75, 3.05) is 26.2 Å². The fraction of sp³-hybridized carbons (Fsp3) is 0.381. The van der Waals surface area contributed by atoms with E-state index in [2.05, 4.69) is 17.2 Å². The van der Waals surface area contributed by atoms with Crippen LogP contribution in [0.5, 0.6) is 0 Å². The van der Waals surface area contributed by atoms with Gasteiger partial charge >= 0.3 is 6.03 Å². The second kappa shape index (κ2) is 8.46. The largest absolute Gasteiger partial charge is 0.354 e. The van der Waals surface area contributed by atoms with Crippen LogP contribution in [0.3, 0.4) is 0 Å². The lowest BCUT2D eigenvalue weighted by molar-refractivity contribution is -0.132. The highest BCUT2D eigenvalue weighted by Crippen LogP contribution is 2.36. The summed E-state index contributed by atoms with van der Waals surface area (Å²) in [6.45, 7) is 8.39. The SMILES string of the molecule is C=CCN1C(=O)N[C@@H](c2cccc(F)c2)C2=C1CN(CC(=O)NCC(C)C)C2=O. The van der Waals surface area contributed by atoms with Gasteiger partial charge < -0.3 is 15.5 Å². The van der Waals surface area contributed by atoms with Crippen molar-refractivity contribution in [2.45, 2.75) is 19.9 Å². The lowest BCUT2D eigenvalue weighted by atomic mass is 9.95. The van der Waals surface area contributed by atoms with Gasteiger partial charge in [0.25, 0.3) is 5.91 Å². The third-order valence-electron chi connectivity index (χ3n) is 4.83. The Morgan fingerprint density at radius 3 is 2.83 bits per heavy atom. The number of rotatable bonds is 7. The number of urea groups is 1. The topological polar surface area (TPSA) is 81.8 Å². The molecule has 7 nitrogen and oxygen atoms in total. The number of benzene rings is 1. The summed E-state index contributed by atoms with van der Waals surface area (Å²) in [5.41, 5.74) is 1.35. The zero-order chi connectivity index (χ0) is 21.1. The minimum atomic E-state index is -0.773. The summed E-state index contributed by atoms with van der Waals surface area (Å²) in [4.78, 5) is 40.8. The van der Waals surface area contributed by atoms with Gasteiger partial charge in [0.15, 0.2) is 0 Å². The van der Waals surface area contributed by atoms with Gasteiger partial charge in [0, 0.05) is 13.1 Å². The average Bonchev–Trinajstić information content (AvgIpc) is 2.98. The molecular formula is C21H25FN4O3. The van der Waals surface area contributed by atoms with E-state index in [4.69, 9.17) is 0 Å². The third kappa shape index (κ3) is 4.31. The van der Waals surface area contributed by atoms with Crippen LogP contribution in [0, 0.1) is 11.7 Å². The number of halogens is 1. The molecule has 0 unspecified atom stereocenters. The van der Waals surface area contributed by atoms with Crippen molar-refractivity contribution in [1.29, 1.82) is 0 Å². The fourth-order valence-electron chi connectivity index (χ4n) is 3.48. The Balaban J connectivity index is 1.89. The zero-order valence-electron chi connectivity index (χ0n) is 16.6. The second-order valence-electron chi connectivity index (χ2n) is 7.56. The highest BCUT2D eigenvalue weighted by Gasteiger charge is 2.44. The highest BCUT2D eigenvalue weighted by atomic mass is 19.1. The molecular weight excluding hydrogens is 375 g/mol. The molecule has 0 aromatic heterocycles. The summed E-state index contributed by atoms with van der Waals surface area (Å²) in [6.07, 6.45) is 1.56. The molecule has 8 heteroatoms. The summed E-state index contributed by atoms with van der Waals surface area (Å²) < 4.78 is 13.8. The molecule has 1 aromatic carbocycles. The fourth-order valence-corrected chi connectivity index (χ4v) is 3.48. The van der Waals surface area contributed by atoms with Crippen LogP contribution in [-0.4, -0.2) is 53.8 Å². The Kier molecular flexibility index (Phi) is 6.00. The van der Waals surface area contributed by atoms with Crippen molar-refractivity contribution in [3.05, 3.63) is 59.6 Å². The Hall–Kier alpha value is -3.16. The molecule has 3 rings (SSSR count). The van der Waals surface area contributed by atoms with Gasteiger partial charge in [-0.3, -0.25) is 14.5 Å². The minimum absolute atomic E-state index is 0.107. The molecule has 2 N–H and O–H groups in total. The van der Waals surface area contributed by atoms with Crippen molar-refractivity contribution in [1.82, 2.24) is 20.4 Å². The predicted molar refractivity (Wildman–Crippen MR) is 106 cm³/mol. The number of hydrogen-bond acceptors (Lipinski definition) is 3. The van der Waals surface area contributed by atoms with Gasteiger partial charge in [-0.15, -0.1) is 6.58 Å². The maximum atomic E-state index is 13.8. The van der Waals surface area contributed by atoms with E-state index < -0.39 is 17.9 Å². The van der Waals surface area contributed by atoms with Crippen LogP contribution >= 0.6 is 0 Å². The Morgan fingerprint density at radius 2 is 2.17 bits per heavy atom. The van der Waals surface area contributed by atoms with E-state index >= 15 is 0 Å². The summed E-state index contributed by atoms with van der Waals surface area (Å²) in [5, 5.41) is 5.57. The van der Waals surface area contributed by atoms with Crippen molar-refractivity contribution in [2.24, 2.45) is 5.92 Å². The van der Waals surface area contributed by atoms with Crippen LogP contribution in [-0.2, 0) is 9.59 Å². The first kappa shape index (κ1) is 20.6. The van der Waals surface area contributed by atoms with Gasteiger partial charge in [-0.05, 0) is 23.6 Å². The molecule has 0 radical (unpaired) electrons. The summed E-state index contributed by atoms with van der Waals surface area (Å²) in [7, 11) is 0. The Morgan fingerprint density at radius 1 is 1.41 bits per heavy atom. The molecule has 4 amide bonds. The molecule has 154 valence electrons. The van der Waals surface area contributed by atoms with E-state index in [1.807, 2.05) is 13.8 Å². The van der Waals surface area contributed by atoms with Gasteiger partial charge in [-0.2, -0.15) is 0 Å². The molecule has 2 aliphatic rings. The minimum Gasteiger partial charge on any atom is -0.354 e. The average molecular weight is 400 g/mol. The summed E-state index contributed by atoms with van der Waals surface area (Å²) in [6, 6.07) is 4.62. The summed E-state index contributed by atoms with van der Waals surface area (Å²) >= 11 is 0. The van der Waals surface area contributed by atoms with Crippen LogP contribution in [0.4, 0.5) is 9.18 Å². The van der Waals surface area contributed by atoms with Crippen molar-refractivity contribution in [3.8, 4) is 0 Å². The van der Waals surface area contributed by atoms with Gasteiger partial charge in [-0.25, -0.2) is 9.18 Å². The zero-order valence-corrected chi connectivity index (χ0v) is 16.6. The third-order valence-corrected chi connectivity index (χ3v) is 4.83. The van der Waals surface area contributed by atoms with Gasteiger partial charge in [0.05, 0.1) is 23.9 Å². The highest BCUT2D eigenvalue weighted by molar-refractivity contribution is 6.03. The molecule has 2 aliphatic heterocycles. The normalized spacial score (nSPS) is 18.8. The van der Waals surface area contributed by atoms with E-state index in [9.17, 15) is 18.8 Å². The molecule has 2 heterocycles. The standard InChI is InChI=1S/C21H25FN4O3/c1-4-8-26-16-11-25(12-17(27)23-10-13(2)3)20(28)18(16)19(24-21(26)29)14-6-5-7-15(22)9-14/h4-7,9,13,19H,1,8,10-12H2,2-3H3,(H,23,27)(H,24,29)/t19-/m0/s1. The number of amides is 4. The molecule has 1 atom stereocenters. The van der Waals surface area contributed by atoms with Crippen molar-refractivity contribution < 1.29 is 18.8 Å². The van der Waals surface area contributed by atoms with Gasteiger partial charge in [0.1, 0.15) is 12.4 Å². The Labute approximate surface area is 169 Å². The lowest BCUT2D eigenvalue weighted by Gasteiger charge is -2.33. The smallest absolute Gasteiger partial charge is 0.322 e. The van der Waals surface area contributed by atoms with Crippen LogP contribution in [0.25, 0.3) is 0 Å². The van der Waals surface area contributed by atoms with Crippen LogP contribution in [0.15, 0.2) is 48.2 Å². The molecule has 29 heavy (non-hydrogen) atoms. The molecule has 0 saturated heterocycles. The van der Waals surface area contributed by atoms with Gasteiger partial charge in [0.2, 0.25) is 5.91 Å². The molecule has 0 aliphatic carbocycles. The molecule has 1 aromatic rings. The van der Waals surface area contributed by atoms with E-state index in [-0.39, 0.29) is 31.4 Å². The van der Waals surface area contributed by atoms with Crippen LogP contribution in [0.2, 0.25) is 0 Å². The maximum Gasteiger partial charge on any atom is 0.322 e. The van der Waals surface area contributed by atoms with Crippen LogP contribution in [0.1, 0.15) is 25.5 Å². The van der Waals surface area contributed by atoms with Crippen LogP contribution < -0.4 is 10.6 Å². The monoisotopic (exact) mass is 400 g/mol. The van der Waals surface area contributed by atoms with Crippen molar-refractivity contribution in [3.63, 3.8) is 0 Å². The molecule has 0 saturated carbocycles. The van der Waals surface area contributed by atoms with E-state index in [0.717, 1.165) is 0 Å². The molecule has 0 fully saturated rings. The second-order valence-corrected chi connectivity index (χ2v) is 7.56. The quantitative estimate of drug-likeness (QED) is 0.687. The number of carbonyl (C=O) groups excluding carboxylic acids is 3. The van der Waals surface area contributed by atoms with E-state index in [1.165, 1.54) is 28.0 Å². The van der Waals surface area contributed by atoms with E-state index in [0.29, 0.717) is 29.3 Å². The first-order chi connectivity index (χ1) is 13.8. The number of hydrogen-bond donors (Lipinski definition) is 2.